The smallest absolute Gasteiger partial charge is 0.259 e. The molecule has 0 fully saturated rings. The van der Waals surface area contributed by atoms with Crippen molar-refractivity contribution in [2.45, 2.75) is 5.92 Å². The second kappa shape index (κ2) is 9.83. The summed E-state index contributed by atoms with van der Waals surface area (Å²) < 4.78 is 0. The van der Waals surface area contributed by atoms with Crippen LogP contribution < -0.4 is 10.7 Å². The van der Waals surface area contributed by atoms with Crippen LogP contribution in [0.15, 0.2) is 96.1 Å². The van der Waals surface area contributed by atoms with Gasteiger partial charge in [0.15, 0.2) is 0 Å². The van der Waals surface area contributed by atoms with Crippen LogP contribution in [0.1, 0.15) is 22.6 Å². The highest BCUT2D eigenvalue weighted by Crippen LogP contribution is 2.24. The van der Waals surface area contributed by atoms with E-state index < -0.39 is 5.92 Å². The minimum absolute atomic E-state index is 0.152. The van der Waals surface area contributed by atoms with Gasteiger partial charge in [0.25, 0.3) is 5.91 Å². The number of hydrazone groups is 1. The van der Waals surface area contributed by atoms with Crippen molar-refractivity contribution in [1.29, 1.82) is 0 Å². The third-order valence-corrected chi connectivity index (χ3v) is 4.15. The lowest BCUT2D eigenvalue weighted by Gasteiger charge is -2.17. The van der Waals surface area contributed by atoms with Crippen LogP contribution in [-0.2, 0) is 9.59 Å². The van der Waals surface area contributed by atoms with Crippen molar-refractivity contribution >= 4 is 18.0 Å². The zero-order valence-electron chi connectivity index (χ0n) is 15.3. The van der Waals surface area contributed by atoms with Crippen LogP contribution in [0.2, 0.25) is 0 Å². The van der Waals surface area contributed by atoms with Gasteiger partial charge in [0.05, 0.1) is 18.7 Å². The van der Waals surface area contributed by atoms with Crippen molar-refractivity contribution in [1.82, 2.24) is 10.7 Å². The minimum Gasteiger partial charge on any atom is -0.346 e. The van der Waals surface area contributed by atoms with E-state index in [0.29, 0.717) is 0 Å². The molecule has 0 heterocycles. The lowest BCUT2D eigenvalue weighted by Crippen LogP contribution is -2.37. The van der Waals surface area contributed by atoms with Gasteiger partial charge in [-0.15, -0.1) is 0 Å². The fourth-order valence-electron chi connectivity index (χ4n) is 2.81. The Bertz CT molecular complexity index is 886. The van der Waals surface area contributed by atoms with E-state index in [-0.39, 0.29) is 18.4 Å². The highest BCUT2D eigenvalue weighted by molar-refractivity contribution is 5.91. The lowest BCUT2D eigenvalue weighted by molar-refractivity contribution is -0.126. The van der Waals surface area contributed by atoms with E-state index in [2.05, 4.69) is 15.8 Å². The Morgan fingerprint density at radius 3 is 1.82 bits per heavy atom. The summed E-state index contributed by atoms with van der Waals surface area (Å²) in [6, 6.07) is 28.4. The Balaban J connectivity index is 1.61. The minimum atomic E-state index is -0.483. The molecule has 0 aromatic heterocycles. The molecule has 0 atom stereocenters. The maximum atomic E-state index is 12.8. The molecular weight excluding hydrogens is 350 g/mol. The van der Waals surface area contributed by atoms with Gasteiger partial charge in [-0.1, -0.05) is 91.0 Å². The molecule has 3 aromatic rings. The van der Waals surface area contributed by atoms with Crippen LogP contribution in [-0.4, -0.2) is 24.6 Å². The number of nitrogens with zero attached hydrogens (tertiary/aromatic N) is 1. The molecule has 0 bridgehead atoms. The van der Waals surface area contributed by atoms with Crippen molar-refractivity contribution in [3.63, 3.8) is 0 Å². The zero-order valence-corrected chi connectivity index (χ0v) is 15.3. The van der Waals surface area contributed by atoms with Crippen LogP contribution >= 0.6 is 0 Å². The van der Waals surface area contributed by atoms with E-state index in [1.54, 1.807) is 6.21 Å². The summed E-state index contributed by atoms with van der Waals surface area (Å²) in [6.07, 6.45) is 1.55. The number of amides is 2. The van der Waals surface area contributed by atoms with Gasteiger partial charge in [0.2, 0.25) is 5.91 Å². The van der Waals surface area contributed by atoms with Crippen LogP contribution in [0.4, 0.5) is 0 Å². The number of carbonyl (C=O) groups is 2. The average molecular weight is 371 g/mol. The lowest BCUT2D eigenvalue weighted by atomic mass is 9.90. The van der Waals surface area contributed by atoms with E-state index >= 15 is 0 Å². The SMILES string of the molecule is O=C(CNC(=O)C(c1ccccc1)c1ccccc1)NN=Cc1ccccc1. The van der Waals surface area contributed by atoms with Crippen molar-refractivity contribution in [2.24, 2.45) is 5.10 Å². The molecule has 0 radical (unpaired) electrons. The Morgan fingerprint density at radius 2 is 1.29 bits per heavy atom. The largest absolute Gasteiger partial charge is 0.346 e. The molecule has 0 unspecified atom stereocenters. The molecule has 0 saturated carbocycles. The second-order valence-corrected chi connectivity index (χ2v) is 6.18. The molecule has 5 heteroatoms. The third kappa shape index (κ3) is 5.38. The van der Waals surface area contributed by atoms with Gasteiger partial charge in [-0.25, -0.2) is 5.43 Å². The molecule has 3 aromatic carbocycles. The van der Waals surface area contributed by atoms with Gasteiger partial charge in [-0.05, 0) is 16.7 Å². The molecule has 0 aliphatic heterocycles. The maximum absolute atomic E-state index is 12.8. The van der Waals surface area contributed by atoms with Crippen LogP contribution in [0, 0.1) is 0 Å². The second-order valence-electron chi connectivity index (χ2n) is 6.18. The van der Waals surface area contributed by atoms with Crippen LogP contribution in [0.5, 0.6) is 0 Å². The third-order valence-electron chi connectivity index (χ3n) is 4.15. The summed E-state index contributed by atoms with van der Waals surface area (Å²) in [6.45, 7) is -0.152. The fourth-order valence-corrected chi connectivity index (χ4v) is 2.81. The topological polar surface area (TPSA) is 70.6 Å². The number of nitrogens with one attached hydrogen (secondary N) is 2. The molecule has 0 aliphatic carbocycles. The molecule has 28 heavy (non-hydrogen) atoms. The summed E-state index contributed by atoms with van der Waals surface area (Å²) in [5.41, 5.74) is 5.03. The van der Waals surface area contributed by atoms with Gasteiger partial charge in [-0.2, -0.15) is 5.10 Å². The molecule has 2 amide bonds. The van der Waals surface area contributed by atoms with Gasteiger partial charge >= 0.3 is 0 Å². The number of hydrogen-bond acceptors (Lipinski definition) is 3. The first-order chi connectivity index (χ1) is 13.7. The van der Waals surface area contributed by atoms with Crippen molar-refractivity contribution < 1.29 is 9.59 Å². The Morgan fingerprint density at radius 1 is 0.786 bits per heavy atom. The Labute approximate surface area is 164 Å². The molecule has 0 aliphatic rings. The summed E-state index contributed by atoms with van der Waals surface area (Å²) in [5, 5.41) is 6.61. The van der Waals surface area contributed by atoms with Gasteiger partial charge in [-0.3, -0.25) is 9.59 Å². The predicted octanol–water partition coefficient (Wildman–Crippen LogP) is 3.09. The molecule has 0 saturated heterocycles. The van der Waals surface area contributed by atoms with Gasteiger partial charge in [0.1, 0.15) is 0 Å². The first kappa shape index (κ1) is 19.0. The highest BCUT2D eigenvalue weighted by Gasteiger charge is 2.22. The normalized spacial score (nSPS) is 10.8. The fraction of sp³-hybridized carbons (Fsp3) is 0.0870. The zero-order chi connectivity index (χ0) is 19.6. The van der Waals surface area contributed by atoms with E-state index in [0.717, 1.165) is 16.7 Å². The Kier molecular flexibility index (Phi) is 6.68. The van der Waals surface area contributed by atoms with E-state index in [4.69, 9.17) is 0 Å². The first-order valence-corrected chi connectivity index (χ1v) is 8.98. The summed E-state index contributed by atoms with van der Waals surface area (Å²) in [4.78, 5) is 24.8. The quantitative estimate of drug-likeness (QED) is 0.495. The predicted molar refractivity (Wildman–Crippen MR) is 110 cm³/mol. The van der Waals surface area contributed by atoms with Crippen molar-refractivity contribution in [3.05, 3.63) is 108 Å². The van der Waals surface area contributed by atoms with Gasteiger partial charge in [0, 0.05) is 0 Å². The van der Waals surface area contributed by atoms with Crippen LogP contribution in [0.25, 0.3) is 0 Å². The number of carbonyl (C=O) groups excluding carboxylic acids is 2. The highest BCUT2D eigenvalue weighted by atomic mass is 16.2. The average Bonchev–Trinajstić information content (AvgIpc) is 2.75. The molecule has 3 rings (SSSR count). The first-order valence-electron chi connectivity index (χ1n) is 8.98. The Hall–Kier alpha value is -3.73. The van der Waals surface area contributed by atoms with E-state index in [1.807, 2.05) is 91.0 Å². The molecule has 2 N–H and O–H groups in total. The molecule has 0 spiro atoms. The summed E-state index contributed by atoms with van der Waals surface area (Å²) >= 11 is 0. The summed E-state index contributed by atoms with van der Waals surface area (Å²) in [5.74, 6) is -1.11. The maximum Gasteiger partial charge on any atom is 0.259 e. The van der Waals surface area contributed by atoms with Gasteiger partial charge < -0.3 is 5.32 Å². The molecule has 5 nitrogen and oxygen atoms in total. The summed E-state index contributed by atoms with van der Waals surface area (Å²) in [7, 11) is 0. The van der Waals surface area contributed by atoms with E-state index in [1.165, 1.54) is 0 Å². The van der Waals surface area contributed by atoms with E-state index in [9.17, 15) is 9.59 Å². The van der Waals surface area contributed by atoms with Crippen LogP contribution in [0.3, 0.4) is 0 Å². The number of rotatable bonds is 7. The molecule has 140 valence electrons. The number of benzene rings is 3. The monoisotopic (exact) mass is 371 g/mol. The van der Waals surface area contributed by atoms with Crippen molar-refractivity contribution in [3.8, 4) is 0 Å². The molecular formula is C23H21N3O2. The van der Waals surface area contributed by atoms with Crippen molar-refractivity contribution in [2.75, 3.05) is 6.54 Å². The number of hydrogen-bond donors (Lipinski definition) is 2. The standard InChI is InChI=1S/C23H21N3O2/c27-21(26-25-16-18-10-4-1-5-11-18)17-24-23(28)22(19-12-6-2-7-13-19)20-14-8-3-9-15-20/h1-16,22H,17H2,(H,24,28)(H,26,27).